The molecule has 126 valence electrons. The van der Waals surface area contributed by atoms with E-state index < -0.39 is 0 Å². The predicted octanol–water partition coefficient (Wildman–Crippen LogP) is 3.47. The van der Waals surface area contributed by atoms with Gasteiger partial charge in [-0.1, -0.05) is 6.07 Å². The second kappa shape index (κ2) is 5.42. The van der Waals surface area contributed by atoms with Crippen molar-refractivity contribution in [3.05, 3.63) is 40.5 Å². The first kappa shape index (κ1) is 15.3. The van der Waals surface area contributed by atoms with E-state index in [9.17, 15) is 5.11 Å². The van der Waals surface area contributed by atoms with E-state index in [1.807, 2.05) is 12.1 Å². The maximum atomic E-state index is 10.2. The molecule has 0 fully saturated rings. The normalized spacial score (nSPS) is 18.8. The highest BCUT2D eigenvalue weighted by molar-refractivity contribution is 5.83. The molecule has 1 N–H and O–H groups in total. The molecule has 1 atom stereocenters. The molecule has 0 aromatic heterocycles. The fourth-order valence-electron chi connectivity index (χ4n) is 4.32. The number of methoxy groups -OCH3 is 2. The van der Waals surface area contributed by atoms with E-state index in [1.165, 1.54) is 16.7 Å². The molecule has 0 saturated carbocycles. The molecule has 2 aromatic carbocycles. The van der Waals surface area contributed by atoms with Crippen molar-refractivity contribution in [3.8, 4) is 28.4 Å². The summed E-state index contributed by atoms with van der Waals surface area (Å²) in [6.07, 6.45) is 1.96. The highest BCUT2D eigenvalue weighted by atomic mass is 16.5. The van der Waals surface area contributed by atoms with Crippen LogP contribution in [0.2, 0.25) is 0 Å². The third-order valence-corrected chi connectivity index (χ3v) is 5.48. The number of phenolic OH excluding ortho intramolecular Hbond substituents is 1. The van der Waals surface area contributed by atoms with Crippen molar-refractivity contribution in [2.24, 2.45) is 0 Å². The molecule has 4 heteroatoms. The number of fused-ring (bicyclic) bond motifs is 2. The number of hydrogen-bond acceptors (Lipinski definition) is 4. The van der Waals surface area contributed by atoms with Crippen LogP contribution in [0.4, 0.5) is 0 Å². The molecular formula is C20H23NO3. The number of rotatable bonds is 2. The second-order valence-corrected chi connectivity index (χ2v) is 6.81. The lowest BCUT2D eigenvalue weighted by molar-refractivity contribution is 0.227. The van der Waals surface area contributed by atoms with Gasteiger partial charge in [0.2, 0.25) is 0 Å². The smallest absolute Gasteiger partial charge is 0.161 e. The van der Waals surface area contributed by atoms with Crippen molar-refractivity contribution in [1.29, 1.82) is 0 Å². The van der Waals surface area contributed by atoms with E-state index in [4.69, 9.17) is 9.47 Å². The van der Waals surface area contributed by atoms with Gasteiger partial charge < -0.3 is 14.6 Å². The molecule has 0 spiro atoms. The summed E-state index contributed by atoms with van der Waals surface area (Å²) in [5.41, 5.74) is 7.40. The first-order chi connectivity index (χ1) is 11.5. The lowest BCUT2D eigenvalue weighted by atomic mass is 9.76. The Bertz CT molecular complexity index is 828. The van der Waals surface area contributed by atoms with Crippen LogP contribution in [0.5, 0.6) is 17.2 Å². The fourth-order valence-corrected chi connectivity index (χ4v) is 4.32. The van der Waals surface area contributed by atoms with Gasteiger partial charge in [-0.3, -0.25) is 4.90 Å². The summed E-state index contributed by atoms with van der Waals surface area (Å²) in [6.45, 7) is 3.16. The van der Waals surface area contributed by atoms with Crippen molar-refractivity contribution in [2.75, 3.05) is 27.8 Å². The third kappa shape index (κ3) is 2.02. The fraction of sp³-hybridized carbons (Fsp3) is 0.400. The van der Waals surface area contributed by atoms with Gasteiger partial charge >= 0.3 is 0 Å². The Labute approximate surface area is 142 Å². The molecule has 1 aliphatic carbocycles. The molecule has 24 heavy (non-hydrogen) atoms. The molecule has 2 aromatic rings. The molecular weight excluding hydrogens is 302 g/mol. The van der Waals surface area contributed by atoms with E-state index in [0.29, 0.717) is 11.8 Å². The van der Waals surface area contributed by atoms with Crippen LogP contribution in [0, 0.1) is 6.92 Å². The van der Waals surface area contributed by atoms with Crippen LogP contribution in [0.1, 0.15) is 28.3 Å². The molecule has 0 bridgehead atoms. The first-order valence-electron chi connectivity index (χ1n) is 8.36. The van der Waals surface area contributed by atoms with E-state index in [-0.39, 0.29) is 5.75 Å². The van der Waals surface area contributed by atoms with Crippen LogP contribution in [-0.4, -0.2) is 37.8 Å². The second-order valence-electron chi connectivity index (χ2n) is 6.81. The highest BCUT2D eigenvalue weighted by Gasteiger charge is 2.35. The standard InChI is InChI=1S/C20H23NO3/c1-11-7-12-5-6-21(2)15-8-13-9-16(22)17(23-3)10-14(13)19(18(12)15)20(11)24-4/h7,9-10,15,22H,5-6,8H2,1-4H3/t15-/m0/s1. The zero-order valence-corrected chi connectivity index (χ0v) is 14.6. The summed E-state index contributed by atoms with van der Waals surface area (Å²) >= 11 is 0. The number of hydrogen-bond donors (Lipinski definition) is 1. The Kier molecular flexibility index (Phi) is 3.46. The SMILES string of the molecule is COc1cc2c(cc1O)C[C@H]1c3c(cc(C)c(OC)c3-2)CCN1C. The maximum Gasteiger partial charge on any atom is 0.161 e. The van der Waals surface area contributed by atoms with Gasteiger partial charge in [-0.05, 0) is 66.8 Å². The van der Waals surface area contributed by atoms with Gasteiger partial charge in [-0.25, -0.2) is 0 Å². The number of aryl methyl sites for hydroxylation is 1. The molecule has 4 rings (SSSR count). The molecule has 0 radical (unpaired) electrons. The van der Waals surface area contributed by atoms with Crippen molar-refractivity contribution in [3.63, 3.8) is 0 Å². The van der Waals surface area contributed by atoms with Gasteiger partial charge in [0.05, 0.1) is 14.2 Å². The molecule has 0 amide bonds. The number of phenols is 1. The average molecular weight is 325 g/mol. The van der Waals surface area contributed by atoms with Gasteiger partial charge in [0, 0.05) is 18.2 Å². The lowest BCUT2D eigenvalue weighted by Crippen LogP contribution is -2.35. The summed E-state index contributed by atoms with van der Waals surface area (Å²) in [4.78, 5) is 2.41. The predicted molar refractivity (Wildman–Crippen MR) is 94.2 cm³/mol. The minimum absolute atomic E-state index is 0.199. The van der Waals surface area contributed by atoms with E-state index in [1.54, 1.807) is 14.2 Å². The quantitative estimate of drug-likeness (QED) is 0.918. The third-order valence-electron chi connectivity index (χ3n) is 5.48. The summed E-state index contributed by atoms with van der Waals surface area (Å²) in [6, 6.07) is 6.41. The monoisotopic (exact) mass is 325 g/mol. The van der Waals surface area contributed by atoms with Gasteiger partial charge in [0.15, 0.2) is 11.5 Å². The van der Waals surface area contributed by atoms with Crippen LogP contribution in [-0.2, 0) is 12.8 Å². The van der Waals surface area contributed by atoms with Crippen LogP contribution in [0.3, 0.4) is 0 Å². The Hall–Kier alpha value is -2.20. The topological polar surface area (TPSA) is 41.9 Å². The number of benzene rings is 2. The molecule has 1 aliphatic heterocycles. The van der Waals surface area contributed by atoms with Crippen LogP contribution in [0.15, 0.2) is 18.2 Å². The lowest BCUT2D eigenvalue weighted by Gasteiger charge is -2.40. The van der Waals surface area contributed by atoms with Crippen molar-refractivity contribution >= 4 is 0 Å². The Morgan fingerprint density at radius 2 is 1.92 bits per heavy atom. The van der Waals surface area contributed by atoms with Crippen molar-refractivity contribution < 1.29 is 14.6 Å². The zero-order valence-electron chi connectivity index (χ0n) is 14.6. The summed E-state index contributed by atoms with van der Waals surface area (Å²) in [7, 11) is 5.50. The van der Waals surface area contributed by atoms with Crippen LogP contribution < -0.4 is 9.47 Å². The van der Waals surface area contributed by atoms with E-state index in [0.717, 1.165) is 41.8 Å². The van der Waals surface area contributed by atoms with Crippen molar-refractivity contribution in [1.82, 2.24) is 4.90 Å². The summed E-state index contributed by atoms with van der Waals surface area (Å²) in [5, 5.41) is 10.2. The Morgan fingerprint density at radius 1 is 1.12 bits per heavy atom. The van der Waals surface area contributed by atoms with Gasteiger partial charge in [-0.15, -0.1) is 0 Å². The number of ether oxygens (including phenoxy) is 2. The maximum absolute atomic E-state index is 10.2. The zero-order chi connectivity index (χ0) is 17.0. The van der Waals surface area contributed by atoms with Gasteiger partial charge in [0.1, 0.15) is 5.75 Å². The summed E-state index contributed by atoms with van der Waals surface area (Å²) < 4.78 is 11.1. The highest BCUT2D eigenvalue weighted by Crippen LogP contribution is 2.51. The minimum atomic E-state index is 0.199. The number of likely N-dealkylation sites (N-methyl/N-ethyl adjacent to an activating group) is 1. The van der Waals surface area contributed by atoms with Crippen LogP contribution >= 0.6 is 0 Å². The Morgan fingerprint density at radius 3 is 2.62 bits per heavy atom. The minimum Gasteiger partial charge on any atom is -0.504 e. The molecule has 1 heterocycles. The van der Waals surface area contributed by atoms with Gasteiger partial charge in [-0.2, -0.15) is 0 Å². The molecule has 2 aliphatic rings. The number of nitrogens with zero attached hydrogens (tertiary/aromatic N) is 1. The van der Waals surface area contributed by atoms with E-state index in [2.05, 4.69) is 24.9 Å². The number of aromatic hydroxyl groups is 1. The van der Waals surface area contributed by atoms with Gasteiger partial charge in [0.25, 0.3) is 0 Å². The molecule has 0 unspecified atom stereocenters. The molecule has 0 saturated heterocycles. The largest absolute Gasteiger partial charge is 0.504 e. The van der Waals surface area contributed by atoms with E-state index >= 15 is 0 Å². The summed E-state index contributed by atoms with van der Waals surface area (Å²) in [5.74, 6) is 1.64. The Balaban J connectivity index is 2.08. The average Bonchev–Trinajstić information content (AvgIpc) is 2.57. The molecule has 4 nitrogen and oxygen atoms in total. The van der Waals surface area contributed by atoms with Crippen molar-refractivity contribution in [2.45, 2.75) is 25.8 Å². The first-order valence-corrected chi connectivity index (χ1v) is 8.36. The van der Waals surface area contributed by atoms with Crippen LogP contribution in [0.25, 0.3) is 11.1 Å².